The molecule has 2 N–H and O–H groups in total. The van der Waals surface area contributed by atoms with Crippen molar-refractivity contribution in [1.29, 1.82) is 0 Å². The van der Waals surface area contributed by atoms with Crippen LogP contribution in [0.3, 0.4) is 0 Å². The maximum atomic E-state index is 6.34. The van der Waals surface area contributed by atoms with E-state index in [1.165, 1.54) is 30.6 Å². The molecule has 5 nitrogen and oxygen atoms in total. The van der Waals surface area contributed by atoms with E-state index in [1.54, 1.807) is 17.5 Å². The Morgan fingerprint density at radius 1 is 1.33 bits per heavy atom. The largest absolute Gasteiger partial charge is 0.347 e. The molecule has 2 aliphatic rings. The van der Waals surface area contributed by atoms with Crippen LogP contribution in [0.15, 0.2) is 29.9 Å². The molecule has 1 spiro atoms. The summed E-state index contributed by atoms with van der Waals surface area (Å²) in [6, 6.07) is 4.30. The van der Waals surface area contributed by atoms with Gasteiger partial charge in [-0.15, -0.1) is 11.3 Å². The van der Waals surface area contributed by atoms with Crippen molar-refractivity contribution in [2.75, 3.05) is 13.2 Å². The fraction of sp³-hybridized carbons (Fsp3) is 0.611. The topological polar surface area (TPSA) is 59.2 Å². The Kier molecular flexibility index (Phi) is 4.98. The summed E-state index contributed by atoms with van der Waals surface area (Å²) < 4.78 is 12.4. The molecule has 0 bridgehead atoms. The molecule has 2 aromatic heterocycles. The predicted octanol–water partition coefficient (Wildman–Crippen LogP) is 3.62. The number of nitrogens with one attached hydrogen (secondary N) is 2. The zero-order chi connectivity index (χ0) is 16.2. The van der Waals surface area contributed by atoms with E-state index in [0.29, 0.717) is 6.61 Å². The number of rotatable bonds is 5. The third-order valence-corrected chi connectivity index (χ3v) is 5.89. The summed E-state index contributed by atoms with van der Waals surface area (Å²) in [5, 5.41) is 5.72. The van der Waals surface area contributed by atoms with Gasteiger partial charge in [0, 0.05) is 36.7 Å². The fourth-order valence-electron chi connectivity index (χ4n) is 3.72. The number of ether oxygens (including phenoxy) is 2. The van der Waals surface area contributed by atoms with E-state index in [9.17, 15) is 0 Å². The minimum absolute atomic E-state index is 0.0780. The van der Waals surface area contributed by atoms with Crippen molar-refractivity contribution in [2.45, 2.75) is 56.5 Å². The van der Waals surface area contributed by atoms with Crippen molar-refractivity contribution in [3.8, 4) is 0 Å². The van der Waals surface area contributed by atoms with Crippen molar-refractivity contribution in [3.63, 3.8) is 0 Å². The van der Waals surface area contributed by atoms with Crippen LogP contribution >= 0.6 is 11.3 Å². The van der Waals surface area contributed by atoms with Crippen LogP contribution in [-0.2, 0) is 9.47 Å². The van der Waals surface area contributed by atoms with Gasteiger partial charge in [0.25, 0.3) is 0 Å². The Balaban J connectivity index is 1.38. The summed E-state index contributed by atoms with van der Waals surface area (Å²) in [7, 11) is 0. The highest BCUT2D eigenvalue weighted by atomic mass is 32.1. The van der Waals surface area contributed by atoms with Crippen molar-refractivity contribution in [3.05, 3.63) is 40.6 Å². The first-order valence-electron chi connectivity index (χ1n) is 8.92. The first-order valence-corrected chi connectivity index (χ1v) is 9.80. The molecule has 24 heavy (non-hydrogen) atoms. The zero-order valence-electron chi connectivity index (χ0n) is 13.9. The van der Waals surface area contributed by atoms with Crippen molar-refractivity contribution >= 4 is 11.3 Å². The first kappa shape index (κ1) is 16.3. The Morgan fingerprint density at radius 2 is 2.21 bits per heavy atom. The highest BCUT2D eigenvalue weighted by Gasteiger charge is 2.41. The number of thiophene rings is 1. The average molecular weight is 347 g/mol. The average Bonchev–Trinajstić information content (AvgIpc) is 3.31. The van der Waals surface area contributed by atoms with Crippen molar-refractivity contribution in [1.82, 2.24) is 15.3 Å². The first-order chi connectivity index (χ1) is 11.8. The lowest BCUT2D eigenvalue weighted by molar-refractivity contribution is -0.175. The summed E-state index contributed by atoms with van der Waals surface area (Å²) in [5.41, 5.74) is 0. The SMILES string of the molecule is c1csc([C@H](NC[C@@H]2COC3(CCCCCC3)O2)c2ncc[nH]2)c1. The number of hydrogen-bond acceptors (Lipinski definition) is 5. The van der Waals surface area contributed by atoms with E-state index in [4.69, 9.17) is 9.47 Å². The number of aromatic nitrogens is 2. The highest BCUT2D eigenvalue weighted by molar-refractivity contribution is 7.10. The second kappa shape index (κ2) is 7.35. The molecule has 4 rings (SSSR count). The Morgan fingerprint density at radius 3 is 2.92 bits per heavy atom. The molecule has 1 saturated heterocycles. The zero-order valence-corrected chi connectivity index (χ0v) is 14.7. The third-order valence-electron chi connectivity index (χ3n) is 4.95. The predicted molar refractivity (Wildman–Crippen MR) is 94.0 cm³/mol. The standard InChI is InChI=1S/C18H25N3O2S/c1-2-4-8-18(7-3-1)22-13-14(23-18)12-21-16(15-6-5-11-24-15)17-19-9-10-20-17/h5-6,9-11,14,16,21H,1-4,7-8,12-13H2,(H,19,20)/t14-,16+/m1/s1. The lowest BCUT2D eigenvalue weighted by atomic mass is 10.1. The van der Waals surface area contributed by atoms with Crippen LogP contribution in [0, 0.1) is 0 Å². The van der Waals surface area contributed by atoms with Gasteiger partial charge in [-0.3, -0.25) is 0 Å². The van der Waals surface area contributed by atoms with Crippen LogP contribution in [0.2, 0.25) is 0 Å². The minimum atomic E-state index is -0.314. The quantitative estimate of drug-likeness (QED) is 0.867. The summed E-state index contributed by atoms with van der Waals surface area (Å²) in [6.45, 7) is 1.45. The van der Waals surface area contributed by atoms with Gasteiger partial charge in [-0.05, 0) is 24.3 Å². The molecule has 1 saturated carbocycles. The lowest BCUT2D eigenvalue weighted by Crippen LogP contribution is -2.35. The molecule has 6 heteroatoms. The van der Waals surface area contributed by atoms with Crippen molar-refractivity contribution in [2.24, 2.45) is 0 Å². The number of hydrogen-bond donors (Lipinski definition) is 2. The molecule has 0 amide bonds. The number of H-pyrrole nitrogens is 1. The molecular formula is C18H25N3O2S. The van der Waals surface area contributed by atoms with E-state index in [2.05, 4.69) is 32.8 Å². The second-order valence-electron chi connectivity index (χ2n) is 6.71. The summed E-state index contributed by atoms with van der Waals surface area (Å²) >= 11 is 1.74. The molecule has 0 radical (unpaired) electrons. The van der Waals surface area contributed by atoms with Crippen LogP contribution in [0.1, 0.15) is 55.3 Å². The molecule has 1 aliphatic heterocycles. The number of imidazole rings is 1. The summed E-state index contributed by atoms with van der Waals surface area (Å²) in [4.78, 5) is 8.91. The second-order valence-corrected chi connectivity index (χ2v) is 7.69. The molecule has 2 aromatic rings. The Labute approximate surface area is 146 Å². The minimum Gasteiger partial charge on any atom is -0.347 e. The van der Waals surface area contributed by atoms with Crippen molar-refractivity contribution < 1.29 is 9.47 Å². The number of nitrogens with zero attached hydrogens (tertiary/aromatic N) is 1. The van der Waals surface area contributed by atoms with Gasteiger partial charge in [-0.2, -0.15) is 0 Å². The molecular weight excluding hydrogens is 322 g/mol. The summed E-state index contributed by atoms with van der Waals surface area (Å²) in [6.07, 6.45) is 10.9. The molecule has 130 valence electrons. The molecule has 2 atom stereocenters. The lowest BCUT2D eigenvalue weighted by Gasteiger charge is -2.26. The summed E-state index contributed by atoms with van der Waals surface area (Å²) in [5.74, 6) is 0.631. The van der Waals surface area contributed by atoms with E-state index in [1.807, 2.05) is 6.20 Å². The Hall–Kier alpha value is -1.21. The maximum absolute atomic E-state index is 6.34. The van der Waals surface area contributed by atoms with E-state index in [0.717, 1.165) is 25.2 Å². The molecule has 2 fully saturated rings. The Bertz CT molecular complexity index is 572. The van der Waals surface area contributed by atoms with Gasteiger partial charge < -0.3 is 19.8 Å². The van der Waals surface area contributed by atoms with Gasteiger partial charge in [0.1, 0.15) is 11.9 Å². The van der Waals surface area contributed by atoms with E-state index < -0.39 is 0 Å². The normalized spacial score (nSPS) is 24.9. The molecule has 1 aliphatic carbocycles. The van der Waals surface area contributed by atoms with Crippen LogP contribution in [0.25, 0.3) is 0 Å². The van der Waals surface area contributed by atoms with E-state index in [-0.39, 0.29) is 17.9 Å². The third kappa shape index (κ3) is 3.57. The van der Waals surface area contributed by atoms with Gasteiger partial charge in [0.15, 0.2) is 5.79 Å². The fourth-order valence-corrected chi connectivity index (χ4v) is 4.52. The monoisotopic (exact) mass is 347 g/mol. The smallest absolute Gasteiger partial charge is 0.168 e. The van der Waals surface area contributed by atoms with Gasteiger partial charge in [-0.1, -0.05) is 18.9 Å². The van der Waals surface area contributed by atoms with Crippen LogP contribution < -0.4 is 5.32 Å². The molecule has 0 aromatic carbocycles. The molecule has 3 heterocycles. The van der Waals surface area contributed by atoms with Crippen LogP contribution in [0.4, 0.5) is 0 Å². The van der Waals surface area contributed by atoms with Gasteiger partial charge in [0.05, 0.1) is 12.7 Å². The highest BCUT2D eigenvalue weighted by Crippen LogP contribution is 2.36. The number of aromatic amines is 1. The van der Waals surface area contributed by atoms with Gasteiger partial charge in [0.2, 0.25) is 0 Å². The molecule has 0 unspecified atom stereocenters. The van der Waals surface area contributed by atoms with Crippen LogP contribution in [0.5, 0.6) is 0 Å². The maximum Gasteiger partial charge on any atom is 0.168 e. The van der Waals surface area contributed by atoms with Gasteiger partial charge in [-0.25, -0.2) is 4.98 Å². The van der Waals surface area contributed by atoms with Gasteiger partial charge >= 0.3 is 0 Å². The van der Waals surface area contributed by atoms with E-state index >= 15 is 0 Å². The van der Waals surface area contributed by atoms with Crippen LogP contribution in [-0.4, -0.2) is 35.0 Å².